The van der Waals surface area contributed by atoms with Crippen molar-refractivity contribution < 1.29 is 4.79 Å². The molecule has 1 amide bonds. The third-order valence-electron chi connectivity index (χ3n) is 2.82. The van der Waals surface area contributed by atoms with Gasteiger partial charge in [-0.25, -0.2) is 0 Å². The van der Waals surface area contributed by atoms with Crippen LogP contribution in [0.5, 0.6) is 0 Å². The highest BCUT2D eigenvalue weighted by atomic mass is 16.2. The minimum Gasteiger partial charge on any atom is -0.347 e. The molecule has 0 aliphatic heterocycles. The van der Waals surface area contributed by atoms with Crippen molar-refractivity contribution in [3.05, 3.63) is 53.3 Å². The number of nitrogens with zero attached hydrogens (tertiary/aromatic N) is 2. The first kappa shape index (κ1) is 12.4. The molecule has 4 heteroatoms. The Kier molecular flexibility index (Phi) is 3.77. The van der Waals surface area contributed by atoms with Crippen LogP contribution in [0.25, 0.3) is 0 Å². The summed E-state index contributed by atoms with van der Waals surface area (Å²) in [6, 6.07) is 11.7. The normalized spacial score (nSPS) is 10.3. The third kappa shape index (κ3) is 2.77. The van der Waals surface area contributed by atoms with Crippen LogP contribution in [0.2, 0.25) is 0 Å². The van der Waals surface area contributed by atoms with Crippen molar-refractivity contribution in [2.75, 3.05) is 0 Å². The fraction of sp³-hybridized carbons (Fsp3) is 0.286. The van der Waals surface area contributed by atoms with E-state index in [0.717, 1.165) is 17.7 Å². The zero-order valence-electron chi connectivity index (χ0n) is 10.7. The minimum atomic E-state index is -0.0893. The Morgan fingerprint density at radius 1 is 1.33 bits per heavy atom. The van der Waals surface area contributed by atoms with Gasteiger partial charge in [-0.3, -0.25) is 9.48 Å². The predicted octanol–water partition coefficient (Wildman–Crippen LogP) is 1.91. The van der Waals surface area contributed by atoms with Crippen LogP contribution >= 0.6 is 0 Å². The van der Waals surface area contributed by atoms with E-state index in [0.29, 0.717) is 12.2 Å². The second kappa shape index (κ2) is 5.49. The van der Waals surface area contributed by atoms with Gasteiger partial charge in [0.15, 0.2) is 0 Å². The number of aromatic nitrogens is 2. The number of carbonyl (C=O) groups excluding carboxylic acids is 1. The van der Waals surface area contributed by atoms with Gasteiger partial charge >= 0.3 is 0 Å². The fourth-order valence-corrected chi connectivity index (χ4v) is 1.78. The molecule has 1 heterocycles. The summed E-state index contributed by atoms with van der Waals surface area (Å²) in [5.74, 6) is -0.0893. The van der Waals surface area contributed by atoms with Gasteiger partial charge in [-0.15, -0.1) is 0 Å². The van der Waals surface area contributed by atoms with Gasteiger partial charge in [-0.05, 0) is 18.1 Å². The van der Waals surface area contributed by atoms with Gasteiger partial charge in [0.2, 0.25) is 0 Å². The van der Waals surface area contributed by atoms with Gasteiger partial charge < -0.3 is 5.32 Å². The molecule has 0 spiro atoms. The van der Waals surface area contributed by atoms with Crippen molar-refractivity contribution >= 4 is 5.91 Å². The van der Waals surface area contributed by atoms with Crippen LogP contribution in [0.1, 0.15) is 28.7 Å². The highest BCUT2D eigenvalue weighted by Crippen LogP contribution is 2.04. The van der Waals surface area contributed by atoms with Gasteiger partial charge in [0, 0.05) is 13.6 Å². The molecule has 18 heavy (non-hydrogen) atoms. The molecule has 0 unspecified atom stereocenters. The predicted molar refractivity (Wildman–Crippen MR) is 70.2 cm³/mol. The van der Waals surface area contributed by atoms with Crippen molar-refractivity contribution in [3.63, 3.8) is 0 Å². The maximum Gasteiger partial charge on any atom is 0.269 e. The average molecular weight is 243 g/mol. The van der Waals surface area contributed by atoms with Crippen molar-refractivity contribution in [1.29, 1.82) is 0 Å². The number of hydrogen-bond donors (Lipinski definition) is 1. The summed E-state index contributed by atoms with van der Waals surface area (Å²) in [5, 5.41) is 7.15. The molecule has 1 aromatic heterocycles. The van der Waals surface area contributed by atoms with E-state index in [2.05, 4.69) is 10.4 Å². The van der Waals surface area contributed by atoms with E-state index in [1.165, 1.54) is 0 Å². The number of carbonyl (C=O) groups is 1. The Morgan fingerprint density at radius 3 is 2.67 bits per heavy atom. The molecule has 0 bridgehead atoms. The second-order valence-corrected chi connectivity index (χ2v) is 4.17. The highest BCUT2D eigenvalue weighted by molar-refractivity contribution is 5.92. The van der Waals surface area contributed by atoms with Gasteiger partial charge in [0.05, 0.1) is 5.69 Å². The maximum absolute atomic E-state index is 12.0. The van der Waals surface area contributed by atoms with E-state index in [1.807, 2.05) is 43.3 Å². The van der Waals surface area contributed by atoms with Gasteiger partial charge in [0.1, 0.15) is 5.69 Å². The van der Waals surface area contributed by atoms with Crippen molar-refractivity contribution in [2.45, 2.75) is 19.9 Å². The molecular formula is C14H17N3O. The molecule has 2 aromatic rings. The number of hydrogen-bond acceptors (Lipinski definition) is 2. The lowest BCUT2D eigenvalue weighted by atomic mass is 10.2. The van der Waals surface area contributed by atoms with E-state index in [-0.39, 0.29) is 5.91 Å². The molecule has 4 nitrogen and oxygen atoms in total. The van der Waals surface area contributed by atoms with Crippen molar-refractivity contribution in [1.82, 2.24) is 15.1 Å². The summed E-state index contributed by atoms with van der Waals surface area (Å²) >= 11 is 0. The maximum atomic E-state index is 12.0. The summed E-state index contributed by atoms with van der Waals surface area (Å²) < 4.78 is 1.62. The third-order valence-corrected chi connectivity index (χ3v) is 2.82. The Labute approximate surface area is 107 Å². The van der Waals surface area contributed by atoms with Crippen LogP contribution in [-0.2, 0) is 20.0 Å². The van der Waals surface area contributed by atoms with E-state index in [4.69, 9.17) is 0 Å². The van der Waals surface area contributed by atoms with Crippen molar-refractivity contribution in [2.24, 2.45) is 7.05 Å². The van der Waals surface area contributed by atoms with E-state index in [9.17, 15) is 4.79 Å². The molecule has 2 rings (SSSR count). The molecule has 0 radical (unpaired) electrons. The zero-order chi connectivity index (χ0) is 13.0. The molecule has 0 saturated carbocycles. The molecular weight excluding hydrogens is 226 g/mol. The average Bonchev–Trinajstić information content (AvgIpc) is 2.78. The monoisotopic (exact) mass is 243 g/mol. The number of benzene rings is 1. The first-order valence-corrected chi connectivity index (χ1v) is 6.05. The van der Waals surface area contributed by atoms with Gasteiger partial charge in [-0.1, -0.05) is 37.3 Å². The summed E-state index contributed by atoms with van der Waals surface area (Å²) in [6.07, 6.45) is 0.833. The Hall–Kier alpha value is -2.10. The molecule has 1 aromatic carbocycles. The van der Waals surface area contributed by atoms with E-state index < -0.39 is 0 Å². The molecule has 1 N–H and O–H groups in total. The molecule has 0 saturated heterocycles. The van der Waals surface area contributed by atoms with Crippen LogP contribution < -0.4 is 5.32 Å². The van der Waals surface area contributed by atoms with Crippen LogP contribution in [-0.4, -0.2) is 15.7 Å². The summed E-state index contributed by atoms with van der Waals surface area (Å²) in [7, 11) is 1.79. The van der Waals surface area contributed by atoms with Crippen LogP contribution in [0, 0.1) is 0 Å². The molecule has 0 aliphatic rings. The van der Waals surface area contributed by atoms with E-state index >= 15 is 0 Å². The fourth-order valence-electron chi connectivity index (χ4n) is 1.78. The second-order valence-electron chi connectivity index (χ2n) is 4.17. The Morgan fingerprint density at radius 2 is 2.06 bits per heavy atom. The summed E-state index contributed by atoms with van der Waals surface area (Å²) in [4.78, 5) is 12.0. The van der Waals surface area contributed by atoms with Gasteiger partial charge in [-0.2, -0.15) is 5.10 Å². The topological polar surface area (TPSA) is 46.9 Å². The van der Waals surface area contributed by atoms with E-state index in [1.54, 1.807) is 11.7 Å². The number of rotatable bonds is 4. The highest BCUT2D eigenvalue weighted by Gasteiger charge is 2.11. The SMILES string of the molecule is CCc1cc(C(=O)NCc2ccccc2)n(C)n1. The lowest BCUT2D eigenvalue weighted by Crippen LogP contribution is -2.25. The minimum absolute atomic E-state index is 0.0893. The number of amides is 1. The first-order valence-electron chi connectivity index (χ1n) is 6.05. The summed E-state index contributed by atoms with van der Waals surface area (Å²) in [6.45, 7) is 2.56. The Balaban J connectivity index is 2.01. The standard InChI is InChI=1S/C14H17N3O/c1-3-12-9-13(17(2)16-12)14(18)15-10-11-7-5-4-6-8-11/h4-9H,3,10H2,1-2H3,(H,15,18). The van der Waals surface area contributed by atoms with Gasteiger partial charge in [0.25, 0.3) is 5.91 Å². The van der Waals surface area contributed by atoms with Crippen LogP contribution in [0.4, 0.5) is 0 Å². The van der Waals surface area contributed by atoms with Crippen molar-refractivity contribution in [3.8, 4) is 0 Å². The molecule has 0 atom stereocenters. The number of aryl methyl sites for hydroxylation is 2. The largest absolute Gasteiger partial charge is 0.347 e. The van der Waals surface area contributed by atoms with Crippen LogP contribution in [0.3, 0.4) is 0 Å². The van der Waals surface area contributed by atoms with Crippen LogP contribution in [0.15, 0.2) is 36.4 Å². The molecule has 94 valence electrons. The molecule has 0 aliphatic carbocycles. The quantitative estimate of drug-likeness (QED) is 0.891. The Bertz CT molecular complexity index is 531. The zero-order valence-corrected chi connectivity index (χ0v) is 10.7. The lowest BCUT2D eigenvalue weighted by Gasteiger charge is -2.05. The smallest absolute Gasteiger partial charge is 0.269 e. The number of nitrogens with one attached hydrogen (secondary N) is 1. The molecule has 0 fully saturated rings. The summed E-state index contributed by atoms with van der Waals surface area (Å²) in [5.41, 5.74) is 2.62. The first-order chi connectivity index (χ1) is 8.70. The lowest BCUT2D eigenvalue weighted by molar-refractivity contribution is 0.0941.